The molecule has 0 saturated heterocycles. The lowest BCUT2D eigenvalue weighted by atomic mass is 10.0. The fraction of sp³-hybridized carbons (Fsp3) is 0.400. The molecule has 2 rings (SSSR count). The zero-order valence-electron chi connectivity index (χ0n) is 12.5. The molecule has 0 fully saturated rings. The van der Waals surface area contributed by atoms with Crippen LogP contribution in [0.25, 0.3) is 0 Å². The van der Waals surface area contributed by atoms with Crippen molar-refractivity contribution in [3.8, 4) is 5.75 Å². The van der Waals surface area contributed by atoms with Crippen molar-refractivity contribution in [2.75, 3.05) is 20.8 Å². The highest BCUT2D eigenvalue weighted by molar-refractivity contribution is 6.31. The lowest BCUT2D eigenvalue weighted by Crippen LogP contribution is -2.19. The first-order chi connectivity index (χ1) is 10.1. The number of aryl methyl sites for hydroxylation is 1. The highest BCUT2D eigenvalue weighted by atomic mass is 35.5. The van der Waals surface area contributed by atoms with Crippen molar-refractivity contribution >= 4 is 11.6 Å². The molecule has 114 valence electrons. The number of methoxy groups -OCH3 is 2. The number of rotatable bonds is 6. The van der Waals surface area contributed by atoms with Crippen molar-refractivity contribution in [1.82, 2.24) is 9.78 Å². The Hall–Kier alpha value is -1.56. The molecule has 5 nitrogen and oxygen atoms in total. The second-order valence-electron chi connectivity index (χ2n) is 4.80. The Morgan fingerprint density at radius 2 is 2.14 bits per heavy atom. The van der Waals surface area contributed by atoms with E-state index in [0.717, 1.165) is 22.6 Å². The number of nitrogens with two attached hydrogens (primary N) is 1. The van der Waals surface area contributed by atoms with Gasteiger partial charge in [0.25, 0.3) is 0 Å². The van der Waals surface area contributed by atoms with Crippen molar-refractivity contribution in [2.24, 2.45) is 5.73 Å². The first kappa shape index (κ1) is 15.8. The predicted molar refractivity (Wildman–Crippen MR) is 82.9 cm³/mol. The summed E-state index contributed by atoms with van der Waals surface area (Å²) in [6.45, 7) is 3.15. The van der Waals surface area contributed by atoms with Gasteiger partial charge in [-0.25, -0.2) is 0 Å². The summed E-state index contributed by atoms with van der Waals surface area (Å²) in [5, 5.41) is 4.82. The van der Waals surface area contributed by atoms with Gasteiger partial charge in [-0.1, -0.05) is 23.7 Å². The number of halogens is 1. The van der Waals surface area contributed by atoms with Crippen LogP contribution in [0.1, 0.15) is 22.9 Å². The molecule has 0 aliphatic heterocycles. The van der Waals surface area contributed by atoms with Gasteiger partial charge >= 0.3 is 0 Å². The van der Waals surface area contributed by atoms with Gasteiger partial charge in [-0.3, -0.25) is 4.68 Å². The fourth-order valence-corrected chi connectivity index (χ4v) is 2.55. The van der Waals surface area contributed by atoms with Gasteiger partial charge in [0.1, 0.15) is 5.75 Å². The number of hydrogen-bond donors (Lipinski definition) is 1. The molecule has 1 aromatic heterocycles. The molecule has 2 aromatic rings. The summed E-state index contributed by atoms with van der Waals surface area (Å²) >= 11 is 6.24. The molecule has 0 aliphatic rings. The highest BCUT2D eigenvalue weighted by Crippen LogP contribution is 2.29. The summed E-state index contributed by atoms with van der Waals surface area (Å²) in [5.74, 6) is 0.838. The fourth-order valence-electron chi connectivity index (χ4n) is 2.29. The second-order valence-corrected chi connectivity index (χ2v) is 5.21. The molecule has 1 unspecified atom stereocenters. The highest BCUT2D eigenvalue weighted by Gasteiger charge is 2.19. The van der Waals surface area contributed by atoms with Gasteiger partial charge in [-0.05, 0) is 24.1 Å². The van der Waals surface area contributed by atoms with Gasteiger partial charge in [-0.15, -0.1) is 0 Å². The van der Waals surface area contributed by atoms with E-state index >= 15 is 0 Å². The van der Waals surface area contributed by atoms with E-state index in [-0.39, 0.29) is 6.04 Å². The van der Waals surface area contributed by atoms with Crippen molar-refractivity contribution < 1.29 is 9.47 Å². The molecule has 0 saturated carbocycles. The van der Waals surface area contributed by atoms with E-state index in [1.165, 1.54) is 0 Å². The van der Waals surface area contributed by atoms with Crippen molar-refractivity contribution in [3.63, 3.8) is 0 Å². The second kappa shape index (κ2) is 6.93. The Morgan fingerprint density at radius 1 is 1.38 bits per heavy atom. The summed E-state index contributed by atoms with van der Waals surface area (Å²) < 4.78 is 12.1. The zero-order valence-corrected chi connectivity index (χ0v) is 13.2. The molecule has 1 heterocycles. The van der Waals surface area contributed by atoms with Gasteiger partial charge in [-0.2, -0.15) is 5.10 Å². The minimum absolute atomic E-state index is 0.346. The lowest BCUT2D eigenvalue weighted by molar-refractivity contribution is 0.182. The van der Waals surface area contributed by atoms with Crippen LogP contribution in [-0.4, -0.2) is 30.6 Å². The van der Waals surface area contributed by atoms with Crippen LogP contribution < -0.4 is 10.5 Å². The third-order valence-corrected chi connectivity index (χ3v) is 3.70. The quantitative estimate of drug-likeness (QED) is 0.890. The minimum atomic E-state index is -0.346. The van der Waals surface area contributed by atoms with E-state index < -0.39 is 0 Å². The van der Waals surface area contributed by atoms with Crippen LogP contribution in [0.15, 0.2) is 24.4 Å². The van der Waals surface area contributed by atoms with Crippen molar-refractivity contribution in [2.45, 2.75) is 19.5 Å². The molecule has 21 heavy (non-hydrogen) atoms. The largest absolute Gasteiger partial charge is 0.496 e. The standard InChI is InChI=1S/C15H20ClN3O2/c1-10-8-11(4-5-13(10)21-3)14(17)15-12(16)9-18-19(15)6-7-20-2/h4-5,8-9,14H,6-7,17H2,1-3H3. The van der Waals surface area contributed by atoms with Crippen molar-refractivity contribution in [1.29, 1.82) is 0 Å². The Bertz CT molecular complexity index is 613. The summed E-state index contributed by atoms with van der Waals surface area (Å²) in [6.07, 6.45) is 1.61. The molecule has 6 heteroatoms. The Kier molecular flexibility index (Phi) is 5.22. The van der Waals surface area contributed by atoms with E-state index in [2.05, 4.69) is 5.10 Å². The summed E-state index contributed by atoms with van der Waals surface area (Å²) in [5.41, 5.74) is 9.16. The van der Waals surface area contributed by atoms with E-state index in [9.17, 15) is 0 Å². The third kappa shape index (κ3) is 3.37. The molecule has 1 aromatic carbocycles. The van der Waals surface area contributed by atoms with E-state index in [1.807, 2.05) is 25.1 Å². The average Bonchev–Trinajstić information content (AvgIpc) is 2.85. The monoisotopic (exact) mass is 309 g/mol. The maximum absolute atomic E-state index is 6.37. The predicted octanol–water partition coefficient (Wildman–Crippen LogP) is 2.55. The Labute approximate surface area is 129 Å². The summed E-state index contributed by atoms with van der Waals surface area (Å²) in [7, 11) is 3.30. The van der Waals surface area contributed by atoms with Crippen LogP contribution in [0, 0.1) is 6.92 Å². The molecule has 0 radical (unpaired) electrons. The zero-order chi connectivity index (χ0) is 15.4. The van der Waals surface area contributed by atoms with Crippen molar-refractivity contribution in [3.05, 3.63) is 46.2 Å². The number of hydrogen-bond acceptors (Lipinski definition) is 4. The molecule has 2 N–H and O–H groups in total. The summed E-state index contributed by atoms with van der Waals surface area (Å²) in [4.78, 5) is 0. The Morgan fingerprint density at radius 3 is 2.76 bits per heavy atom. The molecular formula is C15H20ClN3O2. The Balaban J connectivity index is 2.33. The molecule has 0 spiro atoms. The molecule has 1 atom stereocenters. The van der Waals surface area contributed by atoms with Gasteiger partial charge in [0, 0.05) is 7.11 Å². The third-order valence-electron chi connectivity index (χ3n) is 3.41. The van der Waals surface area contributed by atoms with Crippen LogP contribution in [0.5, 0.6) is 5.75 Å². The maximum Gasteiger partial charge on any atom is 0.121 e. The summed E-state index contributed by atoms with van der Waals surface area (Å²) in [6, 6.07) is 5.52. The molecule has 0 bridgehead atoms. The van der Waals surface area contributed by atoms with E-state index in [1.54, 1.807) is 25.1 Å². The normalized spacial score (nSPS) is 12.4. The van der Waals surface area contributed by atoms with Gasteiger partial charge < -0.3 is 15.2 Å². The number of nitrogens with zero attached hydrogens (tertiary/aromatic N) is 2. The van der Waals surface area contributed by atoms with Crippen LogP contribution in [0.3, 0.4) is 0 Å². The van der Waals surface area contributed by atoms with Crippen LogP contribution in [0.4, 0.5) is 0 Å². The van der Waals surface area contributed by atoms with E-state index in [0.29, 0.717) is 18.2 Å². The number of ether oxygens (including phenoxy) is 2. The van der Waals surface area contributed by atoms with E-state index in [4.69, 9.17) is 26.8 Å². The SMILES string of the molecule is COCCn1ncc(Cl)c1C(N)c1ccc(OC)c(C)c1. The van der Waals surface area contributed by atoms with Crippen LogP contribution >= 0.6 is 11.6 Å². The molecular weight excluding hydrogens is 290 g/mol. The lowest BCUT2D eigenvalue weighted by Gasteiger charge is -2.17. The first-order valence-electron chi connectivity index (χ1n) is 6.68. The van der Waals surface area contributed by atoms with Gasteiger partial charge in [0.2, 0.25) is 0 Å². The van der Waals surface area contributed by atoms with Gasteiger partial charge in [0.05, 0.1) is 43.2 Å². The van der Waals surface area contributed by atoms with Crippen LogP contribution in [0.2, 0.25) is 5.02 Å². The van der Waals surface area contributed by atoms with Gasteiger partial charge in [0.15, 0.2) is 0 Å². The number of aromatic nitrogens is 2. The number of benzene rings is 1. The first-order valence-corrected chi connectivity index (χ1v) is 7.06. The van der Waals surface area contributed by atoms with Crippen LogP contribution in [-0.2, 0) is 11.3 Å². The average molecular weight is 310 g/mol. The topological polar surface area (TPSA) is 62.3 Å². The smallest absolute Gasteiger partial charge is 0.121 e. The molecule has 0 amide bonds. The molecule has 0 aliphatic carbocycles. The minimum Gasteiger partial charge on any atom is -0.496 e. The maximum atomic E-state index is 6.37.